The molecule has 1 heterocycles. The summed E-state index contributed by atoms with van der Waals surface area (Å²) in [4.78, 5) is 10.7. The van der Waals surface area contributed by atoms with Crippen LogP contribution in [0.4, 0.5) is 0 Å². The second kappa shape index (κ2) is 4.90. The van der Waals surface area contributed by atoms with Gasteiger partial charge in [-0.3, -0.25) is 0 Å². The minimum atomic E-state index is -0.956. The first kappa shape index (κ1) is 12.0. The predicted octanol–water partition coefficient (Wildman–Crippen LogP) is 2.41. The first-order valence-electron chi connectivity index (χ1n) is 6.33. The zero-order valence-electron chi connectivity index (χ0n) is 10.4. The Morgan fingerprint density at radius 2 is 2.26 bits per heavy atom. The molecule has 1 aromatic carbocycles. The van der Waals surface area contributed by atoms with E-state index in [-0.39, 0.29) is 5.56 Å². The van der Waals surface area contributed by atoms with E-state index < -0.39 is 5.97 Å². The van der Waals surface area contributed by atoms with Crippen molar-refractivity contribution in [1.29, 1.82) is 0 Å². The third-order valence-corrected chi connectivity index (χ3v) is 3.55. The Labute approximate surface area is 111 Å². The molecule has 4 nitrogen and oxygen atoms in total. The van der Waals surface area contributed by atoms with Crippen molar-refractivity contribution in [3.63, 3.8) is 0 Å². The summed E-state index contributed by atoms with van der Waals surface area (Å²) in [5, 5.41) is 12.1. The average molecular weight is 257 g/mol. The van der Waals surface area contributed by atoms with Crippen LogP contribution in [0.2, 0.25) is 0 Å². The zero-order chi connectivity index (χ0) is 13.2. The first-order chi connectivity index (χ1) is 9.24. The minimum absolute atomic E-state index is 0.200. The van der Waals surface area contributed by atoms with Crippen LogP contribution in [-0.2, 0) is 13.0 Å². The highest BCUT2D eigenvalue weighted by Gasteiger charge is 2.24. The molecule has 98 valence electrons. The van der Waals surface area contributed by atoms with E-state index in [0.717, 1.165) is 13.0 Å². The van der Waals surface area contributed by atoms with E-state index in [1.807, 2.05) is 0 Å². The molecule has 1 unspecified atom stereocenters. The number of benzene rings is 1. The smallest absolute Gasteiger partial charge is 0.338 e. The number of furan rings is 1. The number of carboxylic acids is 1. The summed E-state index contributed by atoms with van der Waals surface area (Å²) < 4.78 is 5.19. The van der Waals surface area contributed by atoms with E-state index in [0.29, 0.717) is 18.2 Å². The Bertz CT molecular complexity index is 603. The van der Waals surface area contributed by atoms with Crippen LogP contribution in [0.25, 0.3) is 0 Å². The van der Waals surface area contributed by atoms with Gasteiger partial charge in [-0.1, -0.05) is 24.3 Å². The first-order valence-corrected chi connectivity index (χ1v) is 6.33. The van der Waals surface area contributed by atoms with Crippen LogP contribution in [0.1, 0.15) is 33.2 Å². The van der Waals surface area contributed by atoms with Crippen molar-refractivity contribution in [3.8, 4) is 0 Å². The van der Waals surface area contributed by atoms with Gasteiger partial charge in [0.2, 0.25) is 0 Å². The van der Waals surface area contributed by atoms with Crippen LogP contribution < -0.4 is 5.32 Å². The highest BCUT2D eigenvalue weighted by atomic mass is 16.4. The lowest BCUT2D eigenvalue weighted by Crippen LogP contribution is -2.28. The standard InChI is InChI=1S/C15H15NO3/c17-15(18)12-6-13(19-9-12)8-16-7-11-5-10-3-1-2-4-14(10)11/h1-4,6,9,11,16H,5,7-8H2,(H,17,18). The Kier molecular flexibility index (Phi) is 3.09. The molecule has 3 rings (SSSR count). The molecule has 4 heteroatoms. The summed E-state index contributed by atoms with van der Waals surface area (Å²) in [6.45, 7) is 1.45. The molecule has 0 radical (unpaired) electrons. The molecule has 1 aliphatic rings. The largest absolute Gasteiger partial charge is 0.478 e. The van der Waals surface area contributed by atoms with Gasteiger partial charge in [-0.2, -0.15) is 0 Å². The zero-order valence-corrected chi connectivity index (χ0v) is 10.4. The summed E-state index contributed by atoms with van der Waals surface area (Å²) in [5.41, 5.74) is 3.05. The van der Waals surface area contributed by atoms with Crippen LogP contribution in [-0.4, -0.2) is 17.6 Å². The van der Waals surface area contributed by atoms with Crippen molar-refractivity contribution in [1.82, 2.24) is 5.32 Å². The number of aromatic carboxylic acids is 1. The van der Waals surface area contributed by atoms with Gasteiger partial charge in [0.25, 0.3) is 0 Å². The van der Waals surface area contributed by atoms with Crippen LogP contribution >= 0.6 is 0 Å². The molecule has 0 saturated carbocycles. The monoisotopic (exact) mass is 257 g/mol. The van der Waals surface area contributed by atoms with Crippen molar-refractivity contribution in [3.05, 3.63) is 59.0 Å². The highest BCUT2D eigenvalue weighted by Crippen LogP contribution is 2.33. The molecule has 1 aliphatic carbocycles. The molecule has 0 spiro atoms. The highest BCUT2D eigenvalue weighted by molar-refractivity contribution is 5.87. The maximum atomic E-state index is 10.7. The predicted molar refractivity (Wildman–Crippen MR) is 70.3 cm³/mol. The van der Waals surface area contributed by atoms with Gasteiger partial charge in [0.05, 0.1) is 12.1 Å². The number of nitrogens with one attached hydrogen (secondary N) is 1. The van der Waals surface area contributed by atoms with Crippen molar-refractivity contribution in [2.45, 2.75) is 18.9 Å². The van der Waals surface area contributed by atoms with Gasteiger partial charge >= 0.3 is 5.97 Å². The summed E-state index contributed by atoms with van der Waals surface area (Å²) in [6, 6.07) is 10.0. The Hall–Kier alpha value is -2.07. The lowest BCUT2D eigenvalue weighted by molar-refractivity contribution is 0.0696. The molecule has 2 aromatic rings. The van der Waals surface area contributed by atoms with Gasteiger partial charge in [0.15, 0.2) is 0 Å². The fourth-order valence-electron chi connectivity index (χ4n) is 2.50. The molecule has 1 aromatic heterocycles. The number of hydrogen-bond acceptors (Lipinski definition) is 3. The van der Waals surface area contributed by atoms with Crippen LogP contribution in [0, 0.1) is 0 Å². The summed E-state index contributed by atoms with van der Waals surface area (Å²) >= 11 is 0. The minimum Gasteiger partial charge on any atom is -0.478 e. The summed E-state index contributed by atoms with van der Waals surface area (Å²) in [5.74, 6) is 0.262. The molecule has 0 bridgehead atoms. The fourth-order valence-corrected chi connectivity index (χ4v) is 2.50. The summed E-state index contributed by atoms with van der Waals surface area (Å²) in [7, 11) is 0. The topological polar surface area (TPSA) is 62.5 Å². The van der Waals surface area contributed by atoms with E-state index >= 15 is 0 Å². The van der Waals surface area contributed by atoms with Gasteiger partial charge in [0, 0.05) is 12.5 Å². The van der Waals surface area contributed by atoms with Crippen LogP contribution in [0.3, 0.4) is 0 Å². The van der Waals surface area contributed by atoms with E-state index in [1.165, 1.54) is 17.4 Å². The van der Waals surface area contributed by atoms with E-state index in [9.17, 15) is 4.79 Å². The van der Waals surface area contributed by atoms with Gasteiger partial charge in [-0.15, -0.1) is 0 Å². The van der Waals surface area contributed by atoms with Crippen molar-refractivity contribution in [2.24, 2.45) is 0 Å². The fraction of sp³-hybridized carbons (Fsp3) is 0.267. The Morgan fingerprint density at radius 1 is 1.42 bits per heavy atom. The van der Waals surface area contributed by atoms with Crippen LogP contribution in [0.15, 0.2) is 41.0 Å². The molecule has 19 heavy (non-hydrogen) atoms. The SMILES string of the molecule is O=C(O)c1coc(CNCC2Cc3ccccc32)c1. The molecular formula is C15H15NO3. The number of carboxylic acid groups (broad SMARTS) is 1. The van der Waals surface area contributed by atoms with Crippen LogP contribution in [0.5, 0.6) is 0 Å². The average Bonchev–Trinajstić information content (AvgIpc) is 2.84. The number of fused-ring (bicyclic) bond motifs is 1. The van der Waals surface area contributed by atoms with Crippen molar-refractivity contribution >= 4 is 5.97 Å². The third-order valence-electron chi connectivity index (χ3n) is 3.55. The molecule has 0 saturated heterocycles. The van der Waals surface area contributed by atoms with Gasteiger partial charge in [0.1, 0.15) is 12.0 Å². The Balaban J connectivity index is 1.50. The van der Waals surface area contributed by atoms with Gasteiger partial charge < -0.3 is 14.8 Å². The Morgan fingerprint density at radius 3 is 3.00 bits per heavy atom. The number of carbonyl (C=O) groups is 1. The normalized spacial score (nSPS) is 16.7. The molecular weight excluding hydrogens is 242 g/mol. The quantitative estimate of drug-likeness (QED) is 0.863. The van der Waals surface area contributed by atoms with Crippen molar-refractivity contribution < 1.29 is 14.3 Å². The lowest BCUT2D eigenvalue weighted by Gasteiger charge is -2.30. The van der Waals surface area contributed by atoms with Crippen molar-refractivity contribution in [2.75, 3.05) is 6.54 Å². The van der Waals surface area contributed by atoms with E-state index in [4.69, 9.17) is 9.52 Å². The van der Waals surface area contributed by atoms with Gasteiger partial charge in [-0.25, -0.2) is 4.79 Å². The van der Waals surface area contributed by atoms with E-state index in [1.54, 1.807) is 6.07 Å². The molecule has 0 amide bonds. The maximum absolute atomic E-state index is 10.7. The third kappa shape index (κ3) is 2.39. The summed E-state index contributed by atoms with van der Waals surface area (Å²) in [6.07, 6.45) is 2.39. The lowest BCUT2D eigenvalue weighted by atomic mass is 9.77. The maximum Gasteiger partial charge on any atom is 0.338 e. The molecule has 0 fully saturated rings. The second-order valence-corrected chi connectivity index (χ2v) is 4.84. The van der Waals surface area contributed by atoms with Gasteiger partial charge in [-0.05, 0) is 23.6 Å². The number of rotatable bonds is 5. The molecule has 1 atom stereocenters. The molecule has 2 N–H and O–H groups in total. The second-order valence-electron chi connectivity index (χ2n) is 4.84. The number of hydrogen-bond donors (Lipinski definition) is 2. The molecule has 0 aliphatic heterocycles. The van der Waals surface area contributed by atoms with E-state index in [2.05, 4.69) is 29.6 Å².